The number of guanidine groups is 1. The Balaban J connectivity index is 2.08. The lowest BCUT2D eigenvalue weighted by Gasteiger charge is -2.13. The zero-order valence-corrected chi connectivity index (χ0v) is 14.0. The lowest BCUT2D eigenvalue weighted by Crippen LogP contribution is -2.41. The van der Waals surface area contributed by atoms with Gasteiger partial charge in [-0.25, -0.2) is 15.0 Å². The lowest BCUT2D eigenvalue weighted by atomic mass is 10.2. The van der Waals surface area contributed by atoms with Crippen molar-refractivity contribution in [1.82, 2.24) is 20.6 Å². The molecule has 0 bridgehead atoms. The third-order valence-corrected chi connectivity index (χ3v) is 3.45. The SMILES string of the molecule is CNC(=S)NC(=NCC1CCCO1)Nc1nc(C)cc(C)n1. The number of aryl methyl sites for hydroxylation is 2. The molecule has 1 saturated heterocycles. The average molecular weight is 322 g/mol. The molecule has 0 radical (unpaired) electrons. The molecule has 0 aromatic carbocycles. The molecule has 1 aliphatic heterocycles. The van der Waals surface area contributed by atoms with Gasteiger partial charge in [0.1, 0.15) is 0 Å². The summed E-state index contributed by atoms with van der Waals surface area (Å²) in [6.07, 6.45) is 2.29. The van der Waals surface area contributed by atoms with Crippen LogP contribution in [0.1, 0.15) is 24.2 Å². The van der Waals surface area contributed by atoms with E-state index < -0.39 is 0 Å². The molecule has 0 saturated carbocycles. The average Bonchev–Trinajstić information content (AvgIpc) is 2.96. The fraction of sp³-hybridized carbons (Fsp3) is 0.571. The van der Waals surface area contributed by atoms with Crippen molar-refractivity contribution in [2.24, 2.45) is 4.99 Å². The van der Waals surface area contributed by atoms with E-state index in [-0.39, 0.29) is 6.10 Å². The number of aliphatic imine (C=N–C) groups is 1. The number of nitrogens with one attached hydrogen (secondary N) is 3. The number of nitrogens with zero attached hydrogens (tertiary/aromatic N) is 3. The molecule has 1 unspecified atom stereocenters. The molecule has 1 aromatic rings. The van der Waals surface area contributed by atoms with Crippen LogP contribution >= 0.6 is 12.2 Å². The Morgan fingerprint density at radius 3 is 2.73 bits per heavy atom. The number of hydrogen-bond donors (Lipinski definition) is 3. The summed E-state index contributed by atoms with van der Waals surface area (Å²) in [6.45, 7) is 5.24. The number of thiocarbonyl (C=S) groups is 1. The summed E-state index contributed by atoms with van der Waals surface area (Å²) in [5.74, 6) is 1.01. The summed E-state index contributed by atoms with van der Waals surface area (Å²) in [4.78, 5) is 13.2. The summed E-state index contributed by atoms with van der Waals surface area (Å²) in [6, 6.07) is 1.92. The third-order valence-electron chi connectivity index (χ3n) is 3.15. The van der Waals surface area contributed by atoms with Gasteiger partial charge in [-0.1, -0.05) is 0 Å². The van der Waals surface area contributed by atoms with Crippen LogP contribution in [0.2, 0.25) is 0 Å². The van der Waals surface area contributed by atoms with Gasteiger partial charge in [0.2, 0.25) is 11.9 Å². The fourth-order valence-electron chi connectivity index (χ4n) is 2.15. The van der Waals surface area contributed by atoms with E-state index in [4.69, 9.17) is 17.0 Å². The Morgan fingerprint density at radius 2 is 2.14 bits per heavy atom. The van der Waals surface area contributed by atoms with E-state index in [1.807, 2.05) is 19.9 Å². The Morgan fingerprint density at radius 1 is 1.41 bits per heavy atom. The molecular weight excluding hydrogens is 300 g/mol. The quantitative estimate of drug-likeness (QED) is 0.437. The van der Waals surface area contributed by atoms with Crippen molar-refractivity contribution in [1.29, 1.82) is 0 Å². The van der Waals surface area contributed by atoms with Gasteiger partial charge in [-0.15, -0.1) is 0 Å². The minimum atomic E-state index is 0.168. The molecule has 22 heavy (non-hydrogen) atoms. The molecule has 1 fully saturated rings. The summed E-state index contributed by atoms with van der Waals surface area (Å²) in [5.41, 5.74) is 1.79. The van der Waals surface area contributed by atoms with Crippen LogP contribution in [0.5, 0.6) is 0 Å². The first-order chi connectivity index (χ1) is 10.6. The minimum absolute atomic E-state index is 0.168. The van der Waals surface area contributed by atoms with Crippen molar-refractivity contribution >= 4 is 29.2 Å². The van der Waals surface area contributed by atoms with Crippen molar-refractivity contribution < 1.29 is 4.74 Å². The van der Waals surface area contributed by atoms with Crippen LogP contribution in [0.3, 0.4) is 0 Å². The van der Waals surface area contributed by atoms with Crippen LogP contribution in [-0.2, 0) is 4.74 Å². The number of anilines is 1. The smallest absolute Gasteiger partial charge is 0.229 e. The van der Waals surface area contributed by atoms with E-state index in [0.717, 1.165) is 30.8 Å². The highest BCUT2D eigenvalue weighted by molar-refractivity contribution is 7.80. The second-order valence-corrected chi connectivity index (χ2v) is 5.54. The number of ether oxygens (including phenoxy) is 1. The highest BCUT2D eigenvalue weighted by atomic mass is 32.1. The van der Waals surface area contributed by atoms with Crippen LogP contribution in [0.15, 0.2) is 11.1 Å². The van der Waals surface area contributed by atoms with Gasteiger partial charge in [-0.2, -0.15) is 0 Å². The molecule has 1 aromatic heterocycles. The molecule has 120 valence electrons. The maximum atomic E-state index is 5.58. The van der Waals surface area contributed by atoms with Crippen LogP contribution < -0.4 is 16.0 Å². The first-order valence-corrected chi connectivity index (χ1v) is 7.71. The van der Waals surface area contributed by atoms with E-state index in [1.165, 1.54) is 0 Å². The predicted molar refractivity (Wildman–Crippen MR) is 91.2 cm³/mol. The monoisotopic (exact) mass is 322 g/mol. The van der Waals surface area contributed by atoms with Crippen molar-refractivity contribution in [3.63, 3.8) is 0 Å². The third kappa shape index (κ3) is 5.19. The normalized spacial score (nSPS) is 18.1. The van der Waals surface area contributed by atoms with E-state index in [9.17, 15) is 0 Å². The maximum absolute atomic E-state index is 5.58. The first kappa shape index (κ1) is 16.6. The van der Waals surface area contributed by atoms with E-state index in [1.54, 1.807) is 7.05 Å². The minimum Gasteiger partial charge on any atom is -0.376 e. The molecule has 1 aliphatic rings. The van der Waals surface area contributed by atoms with Crippen LogP contribution in [0, 0.1) is 13.8 Å². The largest absolute Gasteiger partial charge is 0.376 e. The van der Waals surface area contributed by atoms with Crippen LogP contribution in [0.25, 0.3) is 0 Å². The van der Waals surface area contributed by atoms with Crippen molar-refractivity contribution in [3.8, 4) is 0 Å². The van der Waals surface area contributed by atoms with Crippen molar-refractivity contribution in [2.75, 3.05) is 25.5 Å². The van der Waals surface area contributed by atoms with Crippen LogP contribution in [0.4, 0.5) is 5.95 Å². The van der Waals surface area contributed by atoms with Gasteiger partial charge in [-0.3, -0.25) is 5.32 Å². The molecule has 7 nitrogen and oxygen atoms in total. The molecule has 0 spiro atoms. The van der Waals surface area contributed by atoms with Gasteiger partial charge in [0.05, 0.1) is 12.6 Å². The topological polar surface area (TPSA) is 83.5 Å². The van der Waals surface area contributed by atoms with E-state index >= 15 is 0 Å². The fourth-order valence-corrected chi connectivity index (χ4v) is 2.25. The molecule has 1 atom stereocenters. The standard InChI is InChI=1S/C14H22N6OS/c1-9-7-10(2)18-13(17-9)19-12(20-14(22)15-3)16-8-11-5-4-6-21-11/h7,11H,4-6,8H2,1-3H3,(H3,15,16,17,18,19,20,22). The molecular formula is C14H22N6OS. The predicted octanol–water partition coefficient (Wildman–Crippen LogP) is 1.13. The molecule has 8 heteroatoms. The Hall–Kier alpha value is -1.80. The second kappa shape index (κ2) is 8.00. The molecule has 0 amide bonds. The highest BCUT2D eigenvalue weighted by Crippen LogP contribution is 2.12. The Labute approximate surface area is 136 Å². The van der Waals surface area contributed by atoms with E-state index in [2.05, 4.69) is 30.9 Å². The molecule has 2 rings (SSSR count). The van der Waals surface area contributed by atoms with Crippen molar-refractivity contribution in [2.45, 2.75) is 32.8 Å². The zero-order chi connectivity index (χ0) is 15.9. The summed E-state index contributed by atoms with van der Waals surface area (Å²) < 4.78 is 5.58. The lowest BCUT2D eigenvalue weighted by molar-refractivity contribution is 0.118. The van der Waals surface area contributed by atoms with Gasteiger partial charge in [0, 0.05) is 25.0 Å². The van der Waals surface area contributed by atoms with Gasteiger partial charge >= 0.3 is 0 Å². The summed E-state index contributed by atoms with van der Waals surface area (Å²) in [7, 11) is 1.75. The van der Waals surface area contributed by atoms with Crippen molar-refractivity contribution in [3.05, 3.63) is 17.5 Å². The van der Waals surface area contributed by atoms with Gasteiger partial charge in [-0.05, 0) is 45.0 Å². The van der Waals surface area contributed by atoms with Gasteiger partial charge in [0.25, 0.3) is 0 Å². The number of rotatable bonds is 3. The van der Waals surface area contributed by atoms with Gasteiger partial charge in [0.15, 0.2) is 5.11 Å². The van der Waals surface area contributed by atoms with E-state index in [0.29, 0.717) is 23.6 Å². The molecule has 3 N–H and O–H groups in total. The second-order valence-electron chi connectivity index (χ2n) is 5.13. The van der Waals surface area contributed by atoms with Crippen LogP contribution in [-0.4, -0.2) is 47.3 Å². The summed E-state index contributed by atoms with van der Waals surface area (Å²) >= 11 is 5.13. The Kier molecular flexibility index (Phi) is 6.02. The first-order valence-electron chi connectivity index (χ1n) is 7.31. The maximum Gasteiger partial charge on any atom is 0.229 e. The van der Waals surface area contributed by atoms with Gasteiger partial charge < -0.3 is 15.4 Å². The summed E-state index contributed by atoms with van der Waals surface area (Å²) in [5, 5.41) is 9.42. The zero-order valence-electron chi connectivity index (χ0n) is 13.1. The number of hydrogen-bond acceptors (Lipinski definition) is 5. The highest BCUT2D eigenvalue weighted by Gasteiger charge is 2.15. The molecule has 0 aliphatic carbocycles. The number of aromatic nitrogens is 2. The Bertz CT molecular complexity index is 536. The molecule has 2 heterocycles.